The van der Waals surface area contributed by atoms with E-state index in [0.717, 1.165) is 31.8 Å². The van der Waals surface area contributed by atoms with E-state index in [4.69, 9.17) is 5.73 Å². The number of carbonyl (C=O) groups is 1. The molecule has 20 heavy (non-hydrogen) atoms. The highest BCUT2D eigenvalue weighted by atomic mass is 16.2. The smallest absolute Gasteiger partial charge is 0.234 e. The van der Waals surface area contributed by atoms with Crippen molar-refractivity contribution >= 4 is 5.91 Å². The second kappa shape index (κ2) is 7.99. The quantitative estimate of drug-likeness (QED) is 0.809. The van der Waals surface area contributed by atoms with Crippen LogP contribution < -0.4 is 11.1 Å². The van der Waals surface area contributed by atoms with E-state index in [2.05, 4.69) is 17.1 Å². The molecule has 0 spiro atoms. The van der Waals surface area contributed by atoms with Crippen molar-refractivity contribution < 1.29 is 4.79 Å². The molecule has 4 heteroatoms. The van der Waals surface area contributed by atoms with Crippen LogP contribution in [0.4, 0.5) is 0 Å². The topological polar surface area (TPSA) is 58.4 Å². The largest absolute Gasteiger partial charge is 0.352 e. The van der Waals surface area contributed by atoms with E-state index < -0.39 is 0 Å². The van der Waals surface area contributed by atoms with Gasteiger partial charge in [0.25, 0.3) is 0 Å². The van der Waals surface area contributed by atoms with Crippen molar-refractivity contribution in [1.82, 2.24) is 10.2 Å². The molecule has 1 aliphatic heterocycles. The number of hydrogen-bond acceptors (Lipinski definition) is 3. The van der Waals surface area contributed by atoms with Crippen molar-refractivity contribution in [2.45, 2.75) is 70.4 Å². The third kappa shape index (κ3) is 5.06. The first-order valence-electron chi connectivity index (χ1n) is 8.44. The Labute approximate surface area is 123 Å². The highest BCUT2D eigenvalue weighted by Gasteiger charge is 2.23. The molecule has 2 rings (SSSR count). The van der Waals surface area contributed by atoms with Crippen LogP contribution in [0.1, 0.15) is 58.3 Å². The van der Waals surface area contributed by atoms with Crippen molar-refractivity contribution in [3.05, 3.63) is 0 Å². The minimum absolute atomic E-state index is 0.208. The molecule has 2 aliphatic rings. The van der Waals surface area contributed by atoms with E-state index in [1.165, 1.54) is 38.5 Å². The second-order valence-corrected chi connectivity index (χ2v) is 6.69. The Morgan fingerprint density at radius 3 is 2.40 bits per heavy atom. The molecule has 1 heterocycles. The molecular formula is C16H31N3O. The lowest BCUT2D eigenvalue weighted by Crippen LogP contribution is -2.47. The number of nitrogens with two attached hydrogens (primary N) is 1. The monoisotopic (exact) mass is 281 g/mol. The van der Waals surface area contributed by atoms with E-state index in [1.54, 1.807) is 0 Å². The normalized spacial score (nSPS) is 29.3. The molecule has 1 amide bonds. The first-order chi connectivity index (χ1) is 9.67. The van der Waals surface area contributed by atoms with Gasteiger partial charge in [-0.15, -0.1) is 0 Å². The molecule has 3 N–H and O–H groups in total. The average Bonchev–Trinajstić information content (AvgIpc) is 2.44. The zero-order valence-electron chi connectivity index (χ0n) is 12.9. The molecule has 0 aromatic carbocycles. The lowest BCUT2D eigenvalue weighted by molar-refractivity contribution is -0.123. The summed E-state index contributed by atoms with van der Waals surface area (Å²) in [5.41, 5.74) is 5.89. The van der Waals surface area contributed by atoms with Crippen molar-refractivity contribution in [2.24, 2.45) is 11.7 Å². The number of hydrogen-bond donors (Lipinski definition) is 2. The molecule has 0 radical (unpaired) electrons. The summed E-state index contributed by atoms with van der Waals surface area (Å²) in [6, 6.07) is 0.755. The molecule has 1 saturated heterocycles. The Bertz CT molecular complexity index is 292. The minimum atomic E-state index is 0.208. The number of piperidine rings is 1. The maximum atomic E-state index is 12.1. The summed E-state index contributed by atoms with van der Waals surface area (Å²) in [5.74, 6) is 1.11. The number of nitrogens with zero attached hydrogens (tertiary/aromatic N) is 1. The van der Waals surface area contributed by atoms with Crippen molar-refractivity contribution in [3.8, 4) is 0 Å². The summed E-state index contributed by atoms with van der Waals surface area (Å²) in [7, 11) is 0. The average molecular weight is 281 g/mol. The Hall–Kier alpha value is -0.610. The number of carbonyl (C=O) groups excluding carboxylic acids is 1. The van der Waals surface area contributed by atoms with Gasteiger partial charge in [-0.3, -0.25) is 9.69 Å². The molecule has 0 atom stereocenters. The molecule has 0 aromatic heterocycles. The maximum absolute atomic E-state index is 12.1. The Morgan fingerprint density at radius 2 is 1.80 bits per heavy atom. The summed E-state index contributed by atoms with van der Waals surface area (Å²) in [4.78, 5) is 14.3. The molecule has 2 fully saturated rings. The van der Waals surface area contributed by atoms with Gasteiger partial charge in [-0.25, -0.2) is 0 Å². The van der Waals surface area contributed by atoms with Gasteiger partial charge in [-0.2, -0.15) is 0 Å². The number of nitrogens with one attached hydrogen (secondary N) is 1. The van der Waals surface area contributed by atoms with Crippen LogP contribution in [0, 0.1) is 5.92 Å². The fourth-order valence-electron chi connectivity index (χ4n) is 3.59. The van der Waals surface area contributed by atoms with Crippen molar-refractivity contribution in [2.75, 3.05) is 19.6 Å². The number of rotatable bonds is 5. The zero-order valence-corrected chi connectivity index (χ0v) is 12.9. The van der Waals surface area contributed by atoms with Gasteiger partial charge in [-0.1, -0.05) is 19.8 Å². The highest BCUT2D eigenvalue weighted by molar-refractivity contribution is 5.78. The first kappa shape index (κ1) is 15.8. The highest BCUT2D eigenvalue weighted by Crippen LogP contribution is 2.27. The van der Waals surface area contributed by atoms with Gasteiger partial charge in [0.1, 0.15) is 0 Å². The first-order valence-corrected chi connectivity index (χ1v) is 8.44. The van der Waals surface area contributed by atoms with Gasteiger partial charge in [-0.05, 0) is 44.4 Å². The van der Waals surface area contributed by atoms with Crippen LogP contribution >= 0.6 is 0 Å². The number of likely N-dealkylation sites (tertiary alicyclic amines) is 1. The molecule has 1 aliphatic carbocycles. The summed E-state index contributed by atoms with van der Waals surface area (Å²) in [5, 5.41) is 3.23. The van der Waals surface area contributed by atoms with Gasteiger partial charge >= 0.3 is 0 Å². The zero-order chi connectivity index (χ0) is 14.4. The molecule has 116 valence electrons. The van der Waals surface area contributed by atoms with Crippen LogP contribution in [0.3, 0.4) is 0 Å². The predicted molar refractivity (Wildman–Crippen MR) is 82.4 cm³/mol. The van der Waals surface area contributed by atoms with E-state index in [0.29, 0.717) is 18.6 Å². The fraction of sp³-hybridized carbons (Fsp3) is 0.938. The van der Waals surface area contributed by atoms with Gasteiger partial charge in [0, 0.05) is 25.2 Å². The van der Waals surface area contributed by atoms with Crippen molar-refractivity contribution in [1.29, 1.82) is 0 Å². The van der Waals surface area contributed by atoms with Crippen molar-refractivity contribution in [3.63, 3.8) is 0 Å². The SMILES string of the molecule is CCCC1CCC(NC(=O)CN2CCC(N)CC2)CC1. The second-order valence-electron chi connectivity index (χ2n) is 6.69. The third-order valence-corrected chi connectivity index (χ3v) is 4.91. The summed E-state index contributed by atoms with van der Waals surface area (Å²) < 4.78 is 0. The molecule has 0 aromatic rings. The summed E-state index contributed by atoms with van der Waals surface area (Å²) >= 11 is 0. The van der Waals surface area contributed by atoms with Gasteiger partial charge in [0.2, 0.25) is 5.91 Å². The van der Waals surface area contributed by atoms with Gasteiger partial charge < -0.3 is 11.1 Å². The summed E-state index contributed by atoms with van der Waals surface area (Å²) in [6.07, 6.45) is 9.61. The van der Waals surface area contributed by atoms with Crippen LogP contribution in [0.2, 0.25) is 0 Å². The van der Waals surface area contributed by atoms with E-state index in [-0.39, 0.29) is 5.91 Å². The Balaban J connectivity index is 1.63. The standard InChI is InChI=1S/C16H31N3O/c1-2-3-13-4-6-15(7-5-13)18-16(20)12-19-10-8-14(17)9-11-19/h13-15H,2-12,17H2,1H3,(H,18,20). The molecule has 4 nitrogen and oxygen atoms in total. The molecule has 1 saturated carbocycles. The van der Waals surface area contributed by atoms with E-state index >= 15 is 0 Å². The van der Waals surface area contributed by atoms with Crippen LogP contribution in [0.15, 0.2) is 0 Å². The molecule has 0 bridgehead atoms. The van der Waals surface area contributed by atoms with Crippen LogP contribution in [-0.4, -0.2) is 42.5 Å². The van der Waals surface area contributed by atoms with Crippen LogP contribution in [-0.2, 0) is 4.79 Å². The third-order valence-electron chi connectivity index (χ3n) is 4.91. The van der Waals surface area contributed by atoms with Crippen LogP contribution in [0.25, 0.3) is 0 Å². The maximum Gasteiger partial charge on any atom is 0.234 e. The minimum Gasteiger partial charge on any atom is -0.352 e. The number of amides is 1. The lowest BCUT2D eigenvalue weighted by Gasteiger charge is -2.32. The summed E-state index contributed by atoms with van der Waals surface area (Å²) in [6.45, 7) is 4.76. The predicted octanol–water partition coefficient (Wildman–Crippen LogP) is 1.88. The van der Waals surface area contributed by atoms with E-state index in [1.807, 2.05) is 0 Å². The van der Waals surface area contributed by atoms with Gasteiger partial charge in [0.05, 0.1) is 6.54 Å². The molecule has 0 unspecified atom stereocenters. The lowest BCUT2D eigenvalue weighted by atomic mass is 9.83. The Kier molecular flexibility index (Phi) is 6.30. The van der Waals surface area contributed by atoms with Gasteiger partial charge in [0.15, 0.2) is 0 Å². The molecular weight excluding hydrogens is 250 g/mol. The Morgan fingerprint density at radius 1 is 1.15 bits per heavy atom. The van der Waals surface area contributed by atoms with Crippen LogP contribution in [0.5, 0.6) is 0 Å². The fourth-order valence-corrected chi connectivity index (χ4v) is 3.59. The van der Waals surface area contributed by atoms with E-state index in [9.17, 15) is 4.79 Å².